The van der Waals surface area contributed by atoms with Gasteiger partial charge in [-0.25, -0.2) is 4.98 Å². The van der Waals surface area contributed by atoms with Crippen molar-refractivity contribution in [1.82, 2.24) is 4.98 Å². The van der Waals surface area contributed by atoms with Gasteiger partial charge in [-0.1, -0.05) is 43.9 Å². The summed E-state index contributed by atoms with van der Waals surface area (Å²) in [4.78, 5) is 8.07. The van der Waals surface area contributed by atoms with Crippen LogP contribution in [0.4, 0.5) is 5.13 Å². The van der Waals surface area contributed by atoms with Crippen molar-refractivity contribution in [3.63, 3.8) is 0 Å². The van der Waals surface area contributed by atoms with Crippen LogP contribution in [-0.2, 0) is 13.0 Å². The largest absolute Gasteiger partial charge is 0.391 e. The van der Waals surface area contributed by atoms with Crippen LogP contribution in [0, 0.1) is 0 Å². The maximum atomic E-state index is 9.35. The van der Waals surface area contributed by atoms with Crippen molar-refractivity contribution in [2.45, 2.75) is 64.5 Å². The van der Waals surface area contributed by atoms with Crippen molar-refractivity contribution in [2.24, 2.45) is 0 Å². The first-order valence-corrected chi connectivity index (χ1v) is 7.90. The molecule has 0 unspecified atom stereocenters. The molecule has 0 radical (unpaired) electrons. The van der Waals surface area contributed by atoms with Gasteiger partial charge in [0.15, 0.2) is 5.13 Å². The summed E-state index contributed by atoms with van der Waals surface area (Å²) >= 11 is 1.66. The summed E-state index contributed by atoms with van der Waals surface area (Å²) < 4.78 is 0. The van der Waals surface area contributed by atoms with E-state index in [1.54, 1.807) is 11.3 Å². The first-order valence-electron chi connectivity index (χ1n) is 7.08. The predicted molar refractivity (Wildman–Crippen MR) is 77.3 cm³/mol. The second-order valence-corrected chi connectivity index (χ2v) is 6.20. The first kappa shape index (κ1) is 13.8. The highest BCUT2D eigenvalue weighted by atomic mass is 32.1. The monoisotopic (exact) mass is 268 g/mol. The summed E-state index contributed by atoms with van der Waals surface area (Å²) in [5, 5.41) is 10.4. The standard InChI is InChI=1S/C14H24N2OS/c1-3-12-13(10-17)18-14(15-12)16(2)11-8-6-4-5-7-9-11/h11,17H,3-10H2,1-2H3. The molecule has 1 N–H and O–H groups in total. The summed E-state index contributed by atoms with van der Waals surface area (Å²) in [5.74, 6) is 0. The predicted octanol–water partition coefficient (Wildman–Crippen LogP) is 3.36. The topological polar surface area (TPSA) is 36.4 Å². The number of aromatic nitrogens is 1. The number of nitrogens with zero attached hydrogens (tertiary/aromatic N) is 2. The van der Waals surface area contributed by atoms with Crippen LogP contribution in [0.1, 0.15) is 56.0 Å². The zero-order valence-corrected chi connectivity index (χ0v) is 12.3. The average molecular weight is 268 g/mol. The zero-order chi connectivity index (χ0) is 13.0. The Balaban J connectivity index is 2.11. The minimum absolute atomic E-state index is 0.124. The SMILES string of the molecule is CCc1nc(N(C)C2CCCCCC2)sc1CO. The van der Waals surface area contributed by atoms with Gasteiger partial charge in [-0.2, -0.15) is 0 Å². The molecule has 3 nitrogen and oxygen atoms in total. The Morgan fingerprint density at radius 2 is 1.94 bits per heavy atom. The lowest BCUT2D eigenvalue weighted by atomic mass is 10.1. The Kier molecular flexibility index (Phi) is 5.01. The Bertz CT molecular complexity index is 348. The van der Waals surface area contributed by atoms with E-state index < -0.39 is 0 Å². The number of rotatable bonds is 4. The molecule has 0 aliphatic heterocycles. The molecule has 1 aliphatic carbocycles. The van der Waals surface area contributed by atoms with E-state index in [4.69, 9.17) is 0 Å². The maximum absolute atomic E-state index is 9.35. The molecule has 0 aromatic carbocycles. The Labute approximate surface area is 114 Å². The van der Waals surface area contributed by atoms with Crippen molar-refractivity contribution >= 4 is 16.5 Å². The molecule has 4 heteroatoms. The van der Waals surface area contributed by atoms with Crippen molar-refractivity contribution in [2.75, 3.05) is 11.9 Å². The zero-order valence-electron chi connectivity index (χ0n) is 11.5. The summed E-state index contributed by atoms with van der Waals surface area (Å²) in [6.07, 6.45) is 8.92. The molecule has 1 aliphatic rings. The van der Waals surface area contributed by atoms with Crippen LogP contribution in [0.2, 0.25) is 0 Å². The third-order valence-electron chi connectivity index (χ3n) is 3.92. The van der Waals surface area contributed by atoms with Crippen LogP contribution in [0.5, 0.6) is 0 Å². The summed E-state index contributed by atoms with van der Waals surface area (Å²) in [6, 6.07) is 0.634. The maximum Gasteiger partial charge on any atom is 0.185 e. The Morgan fingerprint density at radius 1 is 1.28 bits per heavy atom. The van der Waals surface area contributed by atoms with Crippen LogP contribution in [-0.4, -0.2) is 23.2 Å². The number of anilines is 1. The number of hydrogen-bond acceptors (Lipinski definition) is 4. The number of thiazole rings is 1. The molecule has 0 amide bonds. The highest BCUT2D eigenvalue weighted by Crippen LogP contribution is 2.30. The molecule has 1 fully saturated rings. The fraction of sp³-hybridized carbons (Fsp3) is 0.786. The minimum Gasteiger partial charge on any atom is -0.391 e. The van der Waals surface area contributed by atoms with E-state index in [0.717, 1.165) is 22.1 Å². The fourth-order valence-corrected chi connectivity index (χ4v) is 3.76. The molecule has 2 rings (SSSR count). The van der Waals surface area contributed by atoms with Gasteiger partial charge in [0.25, 0.3) is 0 Å². The molecule has 1 saturated carbocycles. The fourth-order valence-electron chi connectivity index (χ4n) is 2.72. The Hall–Kier alpha value is -0.610. The van der Waals surface area contributed by atoms with Crippen LogP contribution < -0.4 is 4.90 Å². The third-order valence-corrected chi connectivity index (χ3v) is 5.09. The molecule has 0 saturated heterocycles. The molecule has 1 aromatic rings. The first-order chi connectivity index (χ1) is 8.76. The minimum atomic E-state index is 0.124. The van der Waals surface area contributed by atoms with Crippen molar-refractivity contribution in [3.05, 3.63) is 10.6 Å². The van der Waals surface area contributed by atoms with Gasteiger partial charge in [0, 0.05) is 13.1 Å². The molecular formula is C14H24N2OS. The third kappa shape index (κ3) is 3.04. The van der Waals surface area contributed by atoms with Gasteiger partial charge in [0.1, 0.15) is 0 Å². The molecule has 0 bridgehead atoms. The second-order valence-electron chi connectivity index (χ2n) is 5.13. The number of aliphatic hydroxyl groups excluding tert-OH is 1. The molecule has 0 spiro atoms. The smallest absolute Gasteiger partial charge is 0.185 e. The summed E-state index contributed by atoms with van der Waals surface area (Å²) in [6.45, 7) is 2.23. The van der Waals surface area contributed by atoms with Crippen LogP contribution in [0.25, 0.3) is 0 Å². The normalized spacial score (nSPS) is 17.7. The van der Waals surface area contributed by atoms with E-state index in [1.807, 2.05) is 0 Å². The van der Waals surface area contributed by atoms with E-state index in [2.05, 4.69) is 23.9 Å². The lowest BCUT2D eigenvalue weighted by molar-refractivity contribution is 0.284. The van der Waals surface area contributed by atoms with Gasteiger partial charge in [0.05, 0.1) is 17.2 Å². The van der Waals surface area contributed by atoms with Gasteiger partial charge >= 0.3 is 0 Å². The Morgan fingerprint density at radius 3 is 2.44 bits per heavy atom. The van der Waals surface area contributed by atoms with E-state index in [9.17, 15) is 5.11 Å². The number of hydrogen-bond donors (Lipinski definition) is 1. The molecule has 102 valence electrons. The molecule has 1 heterocycles. The van der Waals surface area contributed by atoms with Gasteiger partial charge in [0.2, 0.25) is 0 Å². The lowest BCUT2D eigenvalue weighted by Crippen LogP contribution is -2.30. The van der Waals surface area contributed by atoms with Crippen LogP contribution in [0.15, 0.2) is 0 Å². The van der Waals surface area contributed by atoms with Crippen molar-refractivity contribution in [3.8, 4) is 0 Å². The lowest BCUT2D eigenvalue weighted by Gasteiger charge is -2.26. The van der Waals surface area contributed by atoms with E-state index >= 15 is 0 Å². The van der Waals surface area contributed by atoms with Crippen molar-refractivity contribution in [1.29, 1.82) is 0 Å². The summed E-state index contributed by atoms with van der Waals surface area (Å²) in [5.41, 5.74) is 1.07. The highest BCUT2D eigenvalue weighted by Gasteiger charge is 2.20. The van der Waals surface area contributed by atoms with Gasteiger partial charge in [-0.15, -0.1) is 0 Å². The number of aryl methyl sites for hydroxylation is 1. The van der Waals surface area contributed by atoms with E-state index in [-0.39, 0.29) is 6.61 Å². The van der Waals surface area contributed by atoms with E-state index in [1.165, 1.54) is 38.5 Å². The second kappa shape index (κ2) is 6.53. The van der Waals surface area contributed by atoms with Gasteiger partial charge in [-0.05, 0) is 19.3 Å². The highest BCUT2D eigenvalue weighted by molar-refractivity contribution is 7.15. The average Bonchev–Trinajstić information content (AvgIpc) is 2.63. The van der Waals surface area contributed by atoms with Gasteiger partial charge in [-0.3, -0.25) is 0 Å². The molecule has 18 heavy (non-hydrogen) atoms. The van der Waals surface area contributed by atoms with Gasteiger partial charge < -0.3 is 10.0 Å². The van der Waals surface area contributed by atoms with Crippen LogP contribution >= 0.6 is 11.3 Å². The quantitative estimate of drug-likeness (QED) is 0.851. The molecular weight excluding hydrogens is 244 g/mol. The molecule has 1 aromatic heterocycles. The summed E-state index contributed by atoms with van der Waals surface area (Å²) in [7, 11) is 2.16. The van der Waals surface area contributed by atoms with Crippen LogP contribution in [0.3, 0.4) is 0 Å². The van der Waals surface area contributed by atoms with Crippen molar-refractivity contribution < 1.29 is 5.11 Å². The number of aliphatic hydroxyl groups is 1. The van der Waals surface area contributed by atoms with E-state index in [0.29, 0.717) is 6.04 Å². The molecule has 0 atom stereocenters.